The molecule has 0 saturated heterocycles. The van der Waals surface area contributed by atoms with Gasteiger partial charge < -0.3 is 9.47 Å². The van der Waals surface area contributed by atoms with E-state index < -0.39 is 0 Å². The molecule has 2 aromatic rings. The van der Waals surface area contributed by atoms with Crippen molar-refractivity contribution in [3.8, 4) is 11.5 Å². The van der Waals surface area contributed by atoms with Crippen LogP contribution in [0, 0.1) is 6.92 Å². The van der Waals surface area contributed by atoms with Crippen LogP contribution >= 0.6 is 0 Å². The van der Waals surface area contributed by atoms with E-state index in [1.807, 2.05) is 55.5 Å². The summed E-state index contributed by atoms with van der Waals surface area (Å²) in [6.45, 7) is 2.33. The molecule has 100 valence electrons. The molecule has 0 atom stereocenters. The number of fused-ring (bicyclic) bond motifs is 1. The van der Waals surface area contributed by atoms with E-state index in [1.54, 1.807) is 6.20 Å². The van der Waals surface area contributed by atoms with Crippen LogP contribution in [-0.2, 0) is 0 Å². The number of ether oxygens (including phenoxy) is 2. The Morgan fingerprint density at radius 3 is 2.85 bits per heavy atom. The van der Waals surface area contributed by atoms with E-state index in [-0.39, 0.29) is 0 Å². The molecule has 0 spiro atoms. The molecule has 2 heterocycles. The summed E-state index contributed by atoms with van der Waals surface area (Å²) in [6.07, 6.45) is 9.75. The van der Waals surface area contributed by atoms with Gasteiger partial charge in [0, 0.05) is 6.20 Å². The molecule has 3 rings (SSSR count). The number of benzene rings is 1. The maximum absolute atomic E-state index is 5.41. The lowest BCUT2D eigenvalue weighted by Crippen LogP contribution is -1.93. The van der Waals surface area contributed by atoms with Crippen LogP contribution in [0.5, 0.6) is 11.5 Å². The highest BCUT2D eigenvalue weighted by Crippen LogP contribution is 2.36. The van der Waals surface area contributed by atoms with E-state index in [1.165, 1.54) is 0 Å². The molecule has 0 saturated carbocycles. The highest BCUT2D eigenvalue weighted by molar-refractivity contribution is 5.61. The van der Waals surface area contributed by atoms with Crippen molar-refractivity contribution in [3.63, 3.8) is 0 Å². The number of nitrogens with zero attached hydrogens (tertiary/aromatic N) is 1. The van der Waals surface area contributed by atoms with Gasteiger partial charge in [-0.2, -0.15) is 0 Å². The van der Waals surface area contributed by atoms with E-state index in [9.17, 15) is 0 Å². The van der Waals surface area contributed by atoms with Gasteiger partial charge in [0.2, 0.25) is 6.79 Å². The van der Waals surface area contributed by atoms with E-state index >= 15 is 0 Å². The van der Waals surface area contributed by atoms with Crippen LogP contribution in [0.25, 0.3) is 12.2 Å². The molecule has 0 N–H and O–H groups in total. The van der Waals surface area contributed by atoms with Gasteiger partial charge in [-0.15, -0.1) is 0 Å². The number of hydrogen-bond acceptors (Lipinski definition) is 3. The second kappa shape index (κ2) is 5.61. The van der Waals surface area contributed by atoms with Crippen molar-refractivity contribution in [1.82, 2.24) is 4.98 Å². The van der Waals surface area contributed by atoms with E-state index in [4.69, 9.17) is 9.47 Å². The zero-order valence-corrected chi connectivity index (χ0v) is 11.2. The largest absolute Gasteiger partial charge is 0.454 e. The van der Waals surface area contributed by atoms with Crippen LogP contribution in [0.2, 0.25) is 0 Å². The molecular weight excluding hydrogens is 250 g/mol. The first-order valence-corrected chi connectivity index (χ1v) is 6.49. The first-order valence-electron chi connectivity index (χ1n) is 6.49. The van der Waals surface area contributed by atoms with Crippen LogP contribution in [0.4, 0.5) is 0 Å². The molecule has 3 nitrogen and oxygen atoms in total. The molecule has 1 aromatic heterocycles. The summed E-state index contributed by atoms with van der Waals surface area (Å²) < 4.78 is 10.8. The van der Waals surface area contributed by atoms with Crippen molar-refractivity contribution in [3.05, 3.63) is 65.5 Å². The Labute approximate surface area is 118 Å². The minimum atomic E-state index is 0.308. The molecule has 20 heavy (non-hydrogen) atoms. The Hall–Kier alpha value is -2.55. The van der Waals surface area contributed by atoms with Crippen molar-refractivity contribution in [2.45, 2.75) is 6.92 Å². The minimum absolute atomic E-state index is 0.308. The highest BCUT2D eigenvalue weighted by Gasteiger charge is 2.15. The van der Waals surface area contributed by atoms with Crippen LogP contribution in [0.15, 0.2) is 48.7 Å². The Kier molecular flexibility index (Phi) is 3.50. The van der Waals surface area contributed by atoms with Gasteiger partial charge in [0.1, 0.15) is 0 Å². The topological polar surface area (TPSA) is 31.4 Å². The van der Waals surface area contributed by atoms with Gasteiger partial charge in [-0.3, -0.25) is 4.98 Å². The standard InChI is InChI=1S/C17H15NO2/c1-13-10-14(11-16-17(13)20-12-19-16)6-2-3-7-15-8-4-5-9-18-15/h2-11H,12H2,1H3. The van der Waals surface area contributed by atoms with Crippen LogP contribution in [0.1, 0.15) is 16.8 Å². The molecule has 0 bridgehead atoms. The maximum atomic E-state index is 5.41. The molecule has 0 amide bonds. The summed E-state index contributed by atoms with van der Waals surface area (Å²) in [5.41, 5.74) is 3.13. The van der Waals surface area contributed by atoms with Gasteiger partial charge in [-0.05, 0) is 48.4 Å². The van der Waals surface area contributed by atoms with Crippen LogP contribution in [0.3, 0.4) is 0 Å². The Balaban J connectivity index is 1.73. The number of hydrogen-bond donors (Lipinski definition) is 0. The Morgan fingerprint density at radius 1 is 1.10 bits per heavy atom. The molecular formula is C17H15NO2. The van der Waals surface area contributed by atoms with E-state index in [0.717, 1.165) is 28.3 Å². The second-order valence-corrected chi connectivity index (χ2v) is 4.54. The molecule has 1 aliphatic heterocycles. The summed E-state index contributed by atoms with van der Waals surface area (Å²) in [7, 11) is 0. The van der Waals surface area contributed by atoms with Crippen molar-refractivity contribution < 1.29 is 9.47 Å². The lowest BCUT2D eigenvalue weighted by molar-refractivity contribution is 0.173. The zero-order valence-electron chi connectivity index (χ0n) is 11.2. The third-order valence-electron chi connectivity index (χ3n) is 3.04. The SMILES string of the molecule is Cc1cc(C=CC=Cc2ccccn2)cc2c1OCO2. The molecule has 0 radical (unpaired) electrons. The zero-order chi connectivity index (χ0) is 13.8. The minimum Gasteiger partial charge on any atom is -0.454 e. The predicted octanol–water partition coefficient (Wildman–Crippen LogP) is 3.85. The smallest absolute Gasteiger partial charge is 0.231 e. The van der Waals surface area contributed by atoms with E-state index in [0.29, 0.717) is 6.79 Å². The molecule has 1 aliphatic rings. The number of allylic oxidation sites excluding steroid dienone is 2. The Morgan fingerprint density at radius 2 is 2.00 bits per heavy atom. The Bertz CT molecular complexity index is 660. The number of rotatable bonds is 3. The summed E-state index contributed by atoms with van der Waals surface area (Å²) in [4.78, 5) is 4.23. The first-order chi connectivity index (χ1) is 9.83. The average molecular weight is 265 g/mol. The van der Waals surface area contributed by atoms with Gasteiger partial charge in [0.15, 0.2) is 11.5 Å². The van der Waals surface area contributed by atoms with Gasteiger partial charge >= 0.3 is 0 Å². The van der Waals surface area contributed by atoms with Crippen molar-refractivity contribution in [2.75, 3.05) is 6.79 Å². The van der Waals surface area contributed by atoms with Gasteiger partial charge in [0.25, 0.3) is 0 Å². The summed E-state index contributed by atoms with van der Waals surface area (Å²) in [5.74, 6) is 1.67. The summed E-state index contributed by atoms with van der Waals surface area (Å²) >= 11 is 0. The van der Waals surface area contributed by atoms with Crippen LogP contribution < -0.4 is 9.47 Å². The first kappa shape index (κ1) is 12.5. The fourth-order valence-corrected chi connectivity index (χ4v) is 2.10. The normalized spacial score (nSPS) is 13.4. The molecule has 0 aliphatic carbocycles. The van der Waals surface area contributed by atoms with Gasteiger partial charge in [0.05, 0.1) is 5.69 Å². The fraction of sp³-hybridized carbons (Fsp3) is 0.118. The second-order valence-electron chi connectivity index (χ2n) is 4.54. The molecule has 0 fully saturated rings. The summed E-state index contributed by atoms with van der Waals surface area (Å²) in [6, 6.07) is 9.91. The summed E-state index contributed by atoms with van der Waals surface area (Å²) in [5, 5.41) is 0. The predicted molar refractivity (Wildman–Crippen MR) is 79.6 cm³/mol. The lowest BCUT2D eigenvalue weighted by Gasteiger charge is -2.02. The molecule has 1 aromatic carbocycles. The molecule has 0 unspecified atom stereocenters. The van der Waals surface area contributed by atoms with Gasteiger partial charge in [-0.1, -0.05) is 24.3 Å². The quantitative estimate of drug-likeness (QED) is 0.790. The molecule has 3 heteroatoms. The van der Waals surface area contributed by atoms with Crippen molar-refractivity contribution >= 4 is 12.2 Å². The van der Waals surface area contributed by atoms with Gasteiger partial charge in [-0.25, -0.2) is 0 Å². The number of aryl methyl sites for hydroxylation is 1. The van der Waals surface area contributed by atoms with Crippen molar-refractivity contribution in [2.24, 2.45) is 0 Å². The third kappa shape index (κ3) is 2.72. The van der Waals surface area contributed by atoms with Crippen LogP contribution in [-0.4, -0.2) is 11.8 Å². The van der Waals surface area contributed by atoms with Crippen molar-refractivity contribution in [1.29, 1.82) is 0 Å². The highest BCUT2D eigenvalue weighted by atomic mass is 16.7. The monoisotopic (exact) mass is 265 g/mol. The third-order valence-corrected chi connectivity index (χ3v) is 3.04. The lowest BCUT2D eigenvalue weighted by atomic mass is 10.1. The average Bonchev–Trinajstić information content (AvgIpc) is 2.94. The fourth-order valence-electron chi connectivity index (χ4n) is 2.10. The number of aromatic nitrogens is 1. The van der Waals surface area contributed by atoms with E-state index in [2.05, 4.69) is 11.1 Å². The number of pyridine rings is 1. The maximum Gasteiger partial charge on any atom is 0.231 e.